The van der Waals surface area contributed by atoms with E-state index in [1.165, 1.54) is 6.07 Å². The van der Waals surface area contributed by atoms with Crippen molar-refractivity contribution in [1.82, 2.24) is 0 Å². The van der Waals surface area contributed by atoms with E-state index < -0.39 is 5.60 Å². The lowest BCUT2D eigenvalue weighted by Crippen LogP contribution is -2.54. The van der Waals surface area contributed by atoms with Crippen LogP contribution in [-0.2, 0) is 4.79 Å². The fraction of sp³-hybridized carbons (Fsp3) is 0.548. The Balaban J connectivity index is 1.45. The summed E-state index contributed by atoms with van der Waals surface area (Å²) in [6.45, 7) is 6.26. The second-order valence-electron chi connectivity index (χ2n) is 12.3. The molecule has 1 N–H and O–H groups in total. The van der Waals surface area contributed by atoms with Crippen LogP contribution in [0.1, 0.15) is 72.1 Å². The van der Waals surface area contributed by atoms with Crippen LogP contribution < -0.4 is 9.64 Å². The monoisotopic (exact) mass is 504 g/mol. The van der Waals surface area contributed by atoms with E-state index in [2.05, 4.69) is 6.07 Å². The SMILES string of the molecule is CC(C)Oc1ccc(-c2cc(N(CC34CCC(C#N)(CC3)CC4)C(=O)[C@H]3C[C@@](C)(O)C3)ccc2F)cc1. The molecule has 0 heterocycles. The largest absolute Gasteiger partial charge is 0.491 e. The topological polar surface area (TPSA) is 73.6 Å². The molecular weight excluding hydrogens is 467 g/mol. The molecule has 4 aliphatic carbocycles. The number of hydrogen-bond donors (Lipinski definition) is 1. The van der Waals surface area contributed by atoms with Crippen LogP contribution in [0, 0.1) is 33.9 Å². The highest BCUT2D eigenvalue weighted by molar-refractivity contribution is 5.96. The Labute approximate surface area is 219 Å². The maximum Gasteiger partial charge on any atom is 0.230 e. The van der Waals surface area contributed by atoms with Gasteiger partial charge in [-0.3, -0.25) is 4.79 Å². The molecule has 2 aromatic carbocycles. The van der Waals surface area contributed by atoms with Crippen molar-refractivity contribution in [3.8, 4) is 22.9 Å². The number of halogens is 1. The Morgan fingerprint density at radius 1 is 1.11 bits per heavy atom. The van der Waals surface area contributed by atoms with E-state index in [1.54, 1.807) is 19.1 Å². The highest BCUT2D eigenvalue weighted by Gasteiger charge is 2.51. The smallest absolute Gasteiger partial charge is 0.230 e. The molecule has 6 rings (SSSR count). The first-order valence-electron chi connectivity index (χ1n) is 13.5. The predicted octanol–water partition coefficient (Wildman–Crippen LogP) is 6.64. The summed E-state index contributed by atoms with van der Waals surface area (Å²) in [5.74, 6) is 0.151. The van der Waals surface area contributed by atoms with Crippen molar-refractivity contribution >= 4 is 11.6 Å². The molecule has 2 aromatic rings. The summed E-state index contributed by atoms with van der Waals surface area (Å²) in [6, 6.07) is 14.9. The van der Waals surface area contributed by atoms with E-state index in [9.17, 15) is 15.2 Å². The lowest BCUT2D eigenvalue weighted by molar-refractivity contribution is -0.137. The van der Waals surface area contributed by atoms with Gasteiger partial charge in [-0.25, -0.2) is 4.39 Å². The number of aliphatic hydroxyl groups is 1. The fourth-order valence-corrected chi connectivity index (χ4v) is 6.58. The number of nitriles is 1. The van der Waals surface area contributed by atoms with Gasteiger partial charge in [0.15, 0.2) is 0 Å². The molecular formula is C31H37FN2O3. The minimum absolute atomic E-state index is 0.00170. The fourth-order valence-electron chi connectivity index (χ4n) is 6.58. The van der Waals surface area contributed by atoms with Crippen molar-refractivity contribution in [1.29, 1.82) is 5.26 Å². The molecule has 6 heteroatoms. The molecule has 2 bridgehead atoms. The van der Waals surface area contributed by atoms with Crippen LogP contribution in [0.3, 0.4) is 0 Å². The summed E-state index contributed by atoms with van der Waals surface area (Å²) in [5, 5.41) is 20.0. The lowest BCUT2D eigenvalue weighted by Gasteiger charge is -2.52. The number of fused-ring (bicyclic) bond motifs is 3. The van der Waals surface area contributed by atoms with Crippen molar-refractivity contribution in [3.63, 3.8) is 0 Å². The molecule has 0 atom stereocenters. The second-order valence-corrected chi connectivity index (χ2v) is 12.3. The average molecular weight is 505 g/mol. The first-order chi connectivity index (χ1) is 17.5. The van der Waals surface area contributed by atoms with Crippen LogP contribution in [-0.4, -0.2) is 29.3 Å². The van der Waals surface area contributed by atoms with Gasteiger partial charge in [0.25, 0.3) is 0 Å². The van der Waals surface area contributed by atoms with Gasteiger partial charge in [0, 0.05) is 23.7 Å². The quantitative estimate of drug-likeness (QED) is 0.459. The van der Waals surface area contributed by atoms with Gasteiger partial charge in [0.2, 0.25) is 5.91 Å². The first-order valence-corrected chi connectivity index (χ1v) is 13.5. The van der Waals surface area contributed by atoms with Crippen molar-refractivity contribution < 1.29 is 19.0 Å². The Morgan fingerprint density at radius 2 is 1.73 bits per heavy atom. The van der Waals surface area contributed by atoms with Gasteiger partial charge in [-0.1, -0.05) is 12.1 Å². The zero-order valence-corrected chi connectivity index (χ0v) is 22.1. The van der Waals surface area contributed by atoms with E-state index in [4.69, 9.17) is 4.74 Å². The van der Waals surface area contributed by atoms with Crippen LogP contribution in [0.4, 0.5) is 10.1 Å². The van der Waals surface area contributed by atoms with Gasteiger partial charge in [-0.2, -0.15) is 5.26 Å². The molecule has 4 saturated carbocycles. The second kappa shape index (κ2) is 9.44. The summed E-state index contributed by atoms with van der Waals surface area (Å²) in [4.78, 5) is 15.7. The number of rotatable bonds is 7. The molecule has 0 unspecified atom stereocenters. The van der Waals surface area contributed by atoms with Gasteiger partial charge in [0.1, 0.15) is 11.6 Å². The highest BCUT2D eigenvalue weighted by atomic mass is 19.1. The number of benzene rings is 2. The van der Waals surface area contributed by atoms with Crippen LogP contribution in [0.25, 0.3) is 11.1 Å². The molecule has 37 heavy (non-hydrogen) atoms. The predicted molar refractivity (Wildman–Crippen MR) is 141 cm³/mol. The number of ether oxygens (including phenoxy) is 1. The van der Waals surface area contributed by atoms with E-state index in [0.717, 1.165) is 49.8 Å². The third-order valence-electron chi connectivity index (χ3n) is 8.92. The summed E-state index contributed by atoms with van der Waals surface area (Å²) >= 11 is 0. The average Bonchev–Trinajstić information content (AvgIpc) is 2.87. The van der Waals surface area contributed by atoms with Crippen LogP contribution >= 0.6 is 0 Å². The van der Waals surface area contributed by atoms with Crippen molar-refractivity contribution in [2.24, 2.45) is 16.7 Å². The van der Waals surface area contributed by atoms with Crippen LogP contribution in [0.2, 0.25) is 0 Å². The van der Waals surface area contributed by atoms with E-state index in [1.807, 2.05) is 43.0 Å². The van der Waals surface area contributed by atoms with Gasteiger partial charge in [-0.15, -0.1) is 0 Å². The molecule has 4 fully saturated rings. The molecule has 0 aliphatic heterocycles. The molecule has 0 aromatic heterocycles. The molecule has 0 radical (unpaired) electrons. The molecule has 0 saturated heterocycles. The third-order valence-corrected chi connectivity index (χ3v) is 8.92. The van der Waals surface area contributed by atoms with Crippen molar-refractivity contribution in [3.05, 3.63) is 48.3 Å². The zero-order chi connectivity index (χ0) is 26.4. The van der Waals surface area contributed by atoms with E-state index in [-0.39, 0.29) is 34.6 Å². The first kappa shape index (κ1) is 25.7. The zero-order valence-electron chi connectivity index (χ0n) is 22.1. The summed E-state index contributed by atoms with van der Waals surface area (Å²) in [5.41, 5.74) is 0.831. The summed E-state index contributed by atoms with van der Waals surface area (Å²) < 4.78 is 20.8. The van der Waals surface area contributed by atoms with Crippen molar-refractivity contribution in [2.45, 2.75) is 83.8 Å². The number of anilines is 1. The van der Waals surface area contributed by atoms with Crippen molar-refractivity contribution in [2.75, 3.05) is 11.4 Å². The van der Waals surface area contributed by atoms with Crippen LogP contribution in [0.15, 0.2) is 42.5 Å². The Morgan fingerprint density at radius 3 is 2.27 bits per heavy atom. The number of carbonyl (C=O) groups excluding carboxylic acids is 1. The normalized spacial score (nSPS) is 30.5. The highest BCUT2D eigenvalue weighted by Crippen LogP contribution is 2.57. The maximum absolute atomic E-state index is 15.1. The van der Waals surface area contributed by atoms with Crippen LogP contribution in [0.5, 0.6) is 5.75 Å². The molecule has 196 valence electrons. The Bertz CT molecular complexity index is 1180. The van der Waals surface area contributed by atoms with E-state index >= 15 is 4.39 Å². The third kappa shape index (κ3) is 5.11. The molecule has 1 amide bonds. The lowest BCUT2D eigenvalue weighted by atomic mass is 9.54. The summed E-state index contributed by atoms with van der Waals surface area (Å²) in [7, 11) is 0. The standard InChI is InChI=1S/C31H37FN2O3/c1-21(2)37-25-7-4-22(5-8-25)26-16-24(6-9-27(26)32)34(28(35)23-17-29(3,36)18-23)20-31-13-10-30(19-33,11-14-31)12-15-31/h4-9,16,21,23,36H,10-15,17-18,20H2,1-3H3/t23-,29+,30?,31?. The summed E-state index contributed by atoms with van der Waals surface area (Å²) in [6.07, 6.45) is 6.36. The molecule has 4 aliphatic rings. The van der Waals surface area contributed by atoms with Gasteiger partial charge >= 0.3 is 0 Å². The molecule has 5 nitrogen and oxygen atoms in total. The Hall–Kier alpha value is -2.91. The maximum atomic E-state index is 15.1. The van der Waals surface area contributed by atoms with Gasteiger partial charge in [0.05, 0.1) is 23.2 Å². The number of carbonyl (C=O) groups is 1. The Kier molecular flexibility index (Phi) is 6.56. The number of amides is 1. The van der Waals surface area contributed by atoms with Gasteiger partial charge in [-0.05, 0) is 113 Å². The minimum Gasteiger partial charge on any atom is -0.491 e. The van der Waals surface area contributed by atoms with Gasteiger partial charge < -0.3 is 14.7 Å². The number of hydrogen-bond acceptors (Lipinski definition) is 4. The number of nitrogens with zero attached hydrogens (tertiary/aromatic N) is 2. The minimum atomic E-state index is -0.805. The van der Waals surface area contributed by atoms with E-state index in [0.29, 0.717) is 30.6 Å². The molecule has 0 spiro atoms.